The van der Waals surface area contributed by atoms with Crippen LogP contribution in [0.2, 0.25) is 0 Å². The van der Waals surface area contributed by atoms with E-state index in [0.717, 1.165) is 5.56 Å². The molecule has 0 aliphatic rings. The van der Waals surface area contributed by atoms with Crippen molar-refractivity contribution in [1.29, 1.82) is 0 Å². The van der Waals surface area contributed by atoms with Gasteiger partial charge in [-0.1, -0.05) is 12.1 Å². The van der Waals surface area contributed by atoms with Gasteiger partial charge in [0.15, 0.2) is 5.58 Å². The second kappa shape index (κ2) is 8.83. The SMILES string of the molecule is O=C(/C=C/c1ccc(-c2ccccc2[N+](=O)[O-])o1)Nc1ccc2oc(-c3cccnc3)nc2c1. The molecule has 9 nitrogen and oxygen atoms in total. The number of pyridine rings is 1. The molecule has 0 spiro atoms. The first-order valence-electron chi connectivity index (χ1n) is 10.2. The molecule has 0 unspecified atom stereocenters. The van der Waals surface area contributed by atoms with Crippen LogP contribution in [0.15, 0.2) is 94.0 Å². The van der Waals surface area contributed by atoms with Crippen molar-refractivity contribution in [3.05, 3.63) is 101 Å². The Labute approximate surface area is 192 Å². The molecule has 34 heavy (non-hydrogen) atoms. The van der Waals surface area contributed by atoms with Gasteiger partial charge < -0.3 is 14.2 Å². The first-order valence-corrected chi connectivity index (χ1v) is 10.2. The average Bonchev–Trinajstić information content (AvgIpc) is 3.50. The first kappa shape index (κ1) is 20.8. The number of hydrogen-bond donors (Lipinski definition) is 1. The van der Waals surface area contributed by atoms with E-state index in [9.17, 15) is 14.9 Å². The number of aromatic nitrogens is 2. The summed E-state index contributed by atoms with van der Waals surface area (Å²) in [6.07, 6.45) is 6.13. The van der Waals surface area contributed by atoms with Crippen molar-refractivity contribution in [2.24, 2.45) is 0 Å². The Morgan fingerprint density at radius 2 is 1.91 bits per heavy atom. The number of furan rings is 1. The fourth-order valence-electron chi connectivity index (χ4n) is 3.39. The number of nitrogens with one attached hydrogen (secondary N) is 1. The number of fused-ring (bicyclic) bond motifs is 1. The zero-order valence-corrected chi connectivity index (χ0v) is 17.5. The van der Waals surface area contributed by atoms with E-state index in [1.165, 1.54) is 18.2 Å². The molecule has 9 heteroatoms. The second-order valence-corrected chi connectivity index (χ2v) is 7.24. The number of para-hydroxylation sites is 1. The third kappa shape index (κ3) is 4.30. The van der Waals surface area contributed by atoms with Crippen LogP contribution in [0.1, 0.15) is 5.76 Å². The summed E-state index contributed by atoms with van der Waals surface area (Å²) in [6, 6.07) is 18.4. The molecule has 0 aliphatic carbocycles. The van der Waals surface area contributed by atoms with Gasteiger partial charge >= 0.3 is 0 Å². The van der Waals surface area contributed by atoms with Gasteiger partial charge in [-0.3, -0.25) is 19.9 Å². The van der Waals surface area contributed by atoms with Crippen molar-refractivity contribution in [1.82, 2.24) is 9.97 Å². The fourth-order valence-corrected chi connectivity index (χ4v) is 3.39. The Balaban J connectivity index is 1.29. The molecule has 1 N–H and O–H groups in total. The summed E-state index contributed by atoms with van der Waals surface area (Å²) in [5.41, 5.74) is 2.80. The number of oxazole rings is 1. The molecule has 0 saturated carbocycles. The Bertz CT molecular complexity index is 1540. The Morgan fingerprint density at radius 3 is 2.74 bits per heavy atom. The van der Waals surface area contributed by atoms with Gasteiger partial charge in [0.1, 0.15) is 17.0 Å². The maximum absolute atomic E-state index is 12.4. The van der Waals surface area contributed by atoms with Crippen molar-refractivity contribution >= 4 is 34.5 Å². The number of anilines is 1. The maximum atomic E-state index is 12.4. The highest BCUT2D eigenvalue weighted by molar-refractivity contribution is 6.02. The predicted molar refractivity (Wildman–Crippen MR) is 126 cm³/mol. The van der Waals surface area contributed by atoms with Crippen molar-refractivity contribution < 1.29 is 18.6 Å². The first-order chi connectivity index (χ1) is 16.6. The van der Waals surface area contributed by atoms with E-state index in [1.807, 2.05) is 6.07 Å². The Hall–Kier alpha value is -5.05. The van der Waals surface area contributed by atoms with E-state index in [1.54, 1.807) is 67.0 Å². The van der Waals surface area contributed by atoms with E-state index in [0.29, 0.717) is 39.8 Å². The van der Waals surface area contributed by atoms with Crippen LogP contribution in [0.4, 0.5) is 11.4 Å². The molecule has 0 atom stereocenters. The lowest BCUT2D eigenvalue weighted by Crippen LogP contribution is -2.07. The standard InChI is InChI=1S/C25H16N4O5/c30-24(12-9-18-8-11-22(33-18)19-5-1-2-6-21(19)29(31)32)27-17-7-10-23-20(14-17)28-25(34-23)16-4-3-13-26-15-16/h1-15H,(H,27,30)/b12-9+. The minimum absolute atomic E-state index is 0.0555. The lowest BCUT2D eigenvalue weighted by atomic mass is 10.1. The molecule has 5 aromatic rings. The van der Waals surface area contributed by atoms with Gasteiger partial charge in [0.2, 0.25) is 11.8 Å². The molecular formula is C25H16N4O5. The summed E-state index contributed by atoms with van der Waals surface area (Å²) in [5, 5.41) is 14.0. The van der Waals surface area contributed by atoms with Crippen LogP contribution in [-0.4, -0.2) is 20.8 Å². The van der Waals surface area contributed by atoms with E-state index < -0.39 is 4.92 Å². The number of nitro groups is 1. The number of benzene rings is 2. The molecule has 5 rings (SSSR count). The summed E-state index contributed by atoms with van der Waals surface area (Å²) in [4.78, 5) is 31.7. The highest BCUT2D eigenvalue weighted by Gasteiger charge is 2.16. The van der Waals surface area contributed by atoms with Crippen LogP contribution in [0.25, 0.3) is 40.0 Å². The molecule has 0 fully saturated rings. The molecule has 3 heterocycles. The zero-order valence-electron chi connectivity index (χ0n) is 17.5. The smallest absolute Gasteiger partial charge is 0.280 e. The van der Waals surface area contributed by atoms with Gasteiger partial charge in [0.05, 0.1) is 16.1 Å². The van der Waals surface area contributed by atoms with E-state index >= 15 is 0 Å². The average molecular weight is 452 g/mol. The molecular weight excluding hydrogens is 436 g/mol. The van der Waals surface area contributed by atoms with Crippen LogP contribution >= 0.6 is 0 Å². The second-order valence-electron chi connectivity index (χ2n) is 7.24. The highest BCUT2D eigenvalue weighted by atomic mass is 16.6. The molecule has 3 aromatic heterocycles. The number of nitro benzene ring substituents is 1. The maximum Gasteiger partial charge on any atom is 0.280 e. The van der Waals surface area contributed by atoms with Gasteiger partial charge in [-0.15, -0.1) is 0 Å². The largest absolute Gasteiger partial charge is 0.456 e. The minimum atomic E-state index is -0.466. The zero-order chi connectivity index (χ0) is 23.5. The molecule has 0 aliphatic heterocycles. The number of carbonyl (C=O) groups excluding carboxylic acids is 1. The third-order valence-corrected chi connectivity index (χ3v) is 4.96. The van der Waals surface area contributed by atoms with Crippen LogP contribution in [0.5, 0.6) is 0 Å². The molecule has 0 radical (unpaired) electrons. The minimum Gasteiger partial charge on any atom is -0.456 e. The van der Waals surface area contributed by atoms with Gasteiger partial charge in [0, 0.05) is 30.2 Å². The summed E-state index contributed by atoms with van der Waals surface area (Å²) in [6.45, 7) is 0. The summed E-state index contributed by atoms with van der Waals surface area (Å²) < 4.78 is 11.4. The quantitative estimate of drug-likeness (QED) is 0.199. The van der Waals surface area contributed by atoms with Crippen LogP contribution in [-0.2, 0) is 4.79 Å². The Morgan fingerprint density at radius 1 is 1.03 bits per heavy atom. The lowest BCUT2D eigenvalue weighted by Gasteiger charge is -2.01. The molecule has 166 valence electrons. The summed E-state index contributed by atoms with van der Waals surface area (Å²) >= 11 is 0. The van der Waals surface area contributed by atoms with Crippen LogP contribution in [0.3, 0.4) is 0 Å². The molecule has 0 saturated heterocycles. The van der Waals surface area contributed by atoms with E-state index in [2.05, 4.69) is 15.3 Å². The number of nitrogens with zero attached hydrogens (tertiary/aromatic N) is 3. The van der Waals surface area contributed by atoms with Crippen LogP contribution in [0, 0.1) is 10.1 Å². The highest BCUT2D eigenvalue weighted by Crippen LogP contribution is 2.31. The van der Waals surface area contributed by atoms with E-state index in [-0.39, 0.29) is 11.6 Å². The van der Waals surface area contributed by atoms with Crippen molar-refractivity contribution in [3.63, 3.8) is 0 Å². The van der Waals surface area contributed by atoms with Crippen LogP contribution < -0.4 is 5.32 Å². The normalized spacial score (nSPS) is 11.2. The summed E-state index contributed by atoms with van der Waals surface area (Å²) in [7, 11) is 0. The molecule has 2 aromatic carbocycles. The van der Waals surface area contributed by atoms with Crippen molar-refractivity contribution in [2.45, 2.75) is 0 Å². The fraction of sp³-hybridized carbons (Fsp3) is 0. The van der Waals surface area contributed by atoms with Gasteiger partial charge in [-0.05, 0) is 54.6 Å². The number of hydrogen-bond acceptors (Lipinski definition) is 7. The van der Waals surface area contributed by atoms with Crippen molar-refractivity contribution in [2.75, 3.05) is 5.32 Å². The predicted octanol–water partition coefficient (Wildman–Crippen LogP) is 5.71. The van der Waals surface area contributed by atoms with Gasteiger partial charge in [0.25, 0.3) is 5.69 Å². The molecule has 0 bridgehead atoms. The lowest BCUT2D eigenvalue weighted by molar-refractivity contribution is -0.384. The number of rotatable bonds is 6. The van der Waals surface area contributed by atoms with Crippen molar-refractivity contribution in [3.8, 4) is 22.8 Å². The monoisotopic (exact) mass is 452 g/mol. The molecule has 1 amide bonds. The van der Waals surface area contributed by atoms with E-state index in [4.69, 9.17) is 8.83 Å². The Kier molecular flexibility index (Phi) is 5.41. The summed E-state index contributed by atoms with van der Waals surface area (Å²) in [5.74, 6) is 0.794. The number of amides is 1. The number of carbonyl (C=O) groups is 1. The topological polar surface area (TPSA) is 124 Å². The van der Waals surface area contributed by atoms with Gasteiger partial charge in [-0.2, -0.15) is 0 Å². The third-order valence-electron chi connectivity index (χ3n) is 4.96. The van der Waals surface area contributed by atoms with Gasteiger partial charge in [-0.25, -0.2) is 4.98 Å².